The third kappa shape index (κ3) is 15.2. The molecule has 0 amide bonds. The van der Waals surface area contributed by atoms with Crippen LogP contribution in [0.25, 0.3) is 242 Å². The normalized spacial score (nSPS) is 11.7. The van der Waals surface area contributed by atoms with Gasteiger partial charge in [0.05, 0.1) is 0 Å². The van der Waals surface area contributed by atoms with E-state index in [-0.39, 0.29) is 5.41 Å². The molecule has 636 valence electrons. The van der Waals surface area contributed by atoms with Crippen molar-refractivity contribution in [1.29, 1.82) is 0 Å². The zero-order valence-electron chi connectivity index (χ0n) is 75.9. The second-order valence-electron chi connectivity index (χ2n) is 36.7. The van der Waals surface area contributed by atoms with Crippen LogP contribution in [0.3, 0.4) is 0 Å². The zero-order chi connectivity index (χ0) is 89.9. The number of hydrogen-bond acceptors (Lipinski definition) is 0. The summed E-state index contributed by atoms with van der Waals surface area (Å²) >= 11 is 0. The first kappa shape index (κ1) is 81.9. The molecule has 0 spiro atoms. The second-order valence-corrected chi connectivity index (χ2v) is 36.7. The fraction of sp³-hybridized carbons (Fsp3) is 0.0606. The molecule has 0 aliphatic rings. The molecule has 0 saturated heterocycles. The largest absolute Gasteiger partial charge is 0.341 e. The van der Waals surface area contributed by atoms with Gasteiger partial charge in [-0.3, -0.25) is 0 Å². The number of aryl methyl sites for hydroxylation is 2. The van der Waals surface area contributed by atoms with Gasteiger partial charge in [-0.15, -0.1) is 0 Å². The maximum absolute atomic E-state index is 2.45. The Balaban J connectivity index is 0.000000152. The third-order valence-corrected chi connectivity index (χ3v) is 27.8. The van der Waals surface area contributed by atoms with E-state index in [2.05, 4.69) is 523 Å². The third-order valence-electron chi connectivity index (χ3n) is 27.8. The molecule has 24 aromatic rings. The molecule has 0 unspecified atom stereocenters. The Kier molecular flexibility index (Phi) is 21.2. The van der Waals surface area contributed by atoms with Crippen LogP contribution in [0.4, 0.5) is 0 Å². The van der Waals surface area contributed by atoms with Crippen LogP contribution in [0.5, 0.6) is 0 Å². The lowest BCUT2D eigenvalue weighted by Crippen LogP contribution is -2.10. The van der Waals surface area contributed by atoms with Gasteiger partial charge in [-0.2, -0.15) is 0 Å². The molecule has 0 bridgehead atoms. The van der Waals surface area contributed by atoms with Crippen molar-refractivity contribution in [2.75, 3.05) is 0 Å². The van der Waals surface area contributed by atoms with E-state index in [0.717, 1.165) is 13.1 Å². The Bertz CT molecular complexity index is 8520. The minimum absolute atomic E-state index is 0.0908. The summed E-state index contributed by atoms with van der Waals surface area (Å²) in [5.74, 6) is 0. The van der Waals surface area contributed by atoms with Gasteiger partial charge in [0, 0.05) is 56.7 Å². The number of nitrogens with zero attached hydrogens (tertiary/aromatic N) is 2. The number of aromatic nitrogens is 2. The highest BCUT2D eigenvalue weighted by atomic mass is 15.0. The van der Waals surface area contributed by atoms with E-state index in [4.69, 9.17) is 0 Å². The average Bonchev–Trinajstić information content (AvgIpc) is 1.15. The van der Waals surface area contributed by atoms with Crippen LogP contribution < -0.4 is 0 Å². The van der Waals surface area contributed by atoms with Crippen molar-refractivity contribution in [3.05, 3.63) is 485 Å². The SMILES string of the molecule is CCn1c2ccc(-c3ccc(-c4ccc(-c5c6ccc(-c7ccccc7)cc6c(-c6ccccc6)c6ccc(-c7ccccc7)cc56)cc4)cc3)cc2c2cc(C(C)(C)C)ccc21.CCn1c2ccccc2c2cc(-c3ccc(-c4ccc(-c5c6ccc(-c7ccccc7)cc6c(-c6ccc(-c7ccc(-c8ccccc8)cc7)cc6)c6ccc(-c7ccccc7)cc56)cc4)cc3)ccc21. The van der Waals surface area contributed by atoms with E-state index in [1.807, 2.05) is 0 Å². The van der Waals surface area contributed by atoms with Crippen LogP contribution in [0.2, 0.25) is 0 Å². The molecule has 134 heavy (non-hydrogen) atoms. The first-order valence-corrected chi connectivity index (χ1v) is 47.1. The van der Waals surface area contributed by atoms with E-state index in [1.54, 1.807) is 0 Å². The molecular weight excluding hydrogens is 1610 g/mol. The summed E-state index contributed by atoms with van der Waals surface area (Å²) in [6, 6.07) is 177. The van der Waals surface area contributed by atoms with Gasteiger partial charge >= 0.3 is 0 Å². The summed E-state index contributed by atoms with van der Waals surface area (Å²) in [7, 11) is 0. The van der Waals surface area contributed by atoms with Crippen molar-refractivity contribution >= 4 is 86.7 Å². The van der Waals surface area contributed by atoms with E-state index in [0.29, 0.717) is 0 Å². The number of benzene rings is 22. The number of fused-ring (bicyclic) bond motifs is 10. The minimum atomic E-state index is 0.0908. The molecule has 2 nitrogen and oxygen atoms in total. The lowest BCUT2D eigenvalue weighted by Gasteiger charge is -2.20. The Hall–Kier alpha value is -16.5. The number of rotatable bonds is 16. The van der Waals surface area contributed by atoms with Crippen LogP contribution in [0.15, 0.2) is 479 Å². The van der Waals surface area contributed by atoms with Crippen LogP contribution >= 0.6 is 0 Å². The molecule has 0 aliphatic heterocycles. The van der Waals surface area contributed by atoms with Crippen molar-refractivity contribution in [3.8, 4) is 156 Å². The highest BCUT2D eigenvalue weighted by Gasteiger charge is 2.25. The van der Waals surface area contributed by atoms with E-state index in [9.17, 15) is 0 Å². The number of hydrogen-bond donors (Lipinski definition) is 0. The van der Waals surface area contributed by atoms with Crippen molar-refractivity contribution in [2.45, 2.75) is 53.1 Å². The quantitative estimate of drug-likeness (QED) is 0.0854. The highest BCUT2D eigenvalue weighted by molar-refractivity contribution is 6.25. The topological polar surface area (TPSA) is 9.86 Å². The molecular formula is C132H98N2. The van der Waals surface area contributed by atoms with Gasteiger partial charge in [0.2, 0.25) is 0 Å². The monoisotopic (exact) mass is 1710 g/mol. The van der Waals surface area contributed by atoms with Crippen molar-refractivity contribution in [3.63, 3.8) is 0 Å². The molecule has 0 atom stereocenters. The van der Waals surface area contributed by atoms with Crippen LogP contribution in [-0.2, 0) is 18.5 Å². The Morgan fingerprint density at radius 3 is 0.597 bits per heavy atom. The summed E-state index contributed by atoms with van der Waals surface area (Å²) in [5, 5.41) is 15.2. The Labute approximate surface area is 784 Å². The summed E-state index contributed by atoms with van der Waals surface area (Å²) in [6.45, 7) is 13.2. The lowest BCUT2D eigenvalue weighted by atomic mass is 9.83. The van der Waals surface area contributed by atoms with Crippen LogP contribution in [0, 0.1) is 0 Å². The zero-order valence-corrected chi connectivity index (χ0v) is 75.9. The molecule has 0 aliphatic carbocycles. The summed E-state index contributed by atoms with van der Waals surface area (Å²) in [6.07, 6.45) is 0. The summed E-state index contributed by atoms with van der Waals surface area (Å²) in [4.78, 5) is 0. The molecule has 22 aromatic carbocycles. The molecule has 0 fully saturated rings. The molecule has 24 rings (SSSR count). The molecule has 2 heterocycles. The first-order valence-electron chi connectivity index (χ1n) is 47.1. The van der Waals surface area contributed by atoms with Gasteiger partial charge < -0.3 is 9.13 Å². The van der Waals surface area contributed by atoms with Gasteiger partial charge in [-0.1, -0.05) is 433 Å². The fourth-order valence-electron chi connectivity index (χ4n) is 20.9. The fourth-order valence-corrected chi connectivity index (χ4v) is 20.9. The first-order chi connectivity index (χ1) is 66.0. The highest BCUT2D eigenvalue weighted by Crippen LogP contribution is 2.51. The molecule has 2 heteroatoms. The number of para-hydroxylation sites is 1. The predicted molar refractivity (Wildman–Crippen MR) is 575 cm³/mol. The van der Waals surface area contributed by atoms with E-state index >= 15 is 0 Å². The molecule has 0 radical (unpaired) electrons. The Morgan fingerprint density at radius 2 is 0.321 bits per heavy atom. The van der Waals surface area contributed by atoms with E-state index < -0.39 is 0 Å². The van der Waals surface area contributed by atoms with Gasteiger partial charge in [0.1, 0.15) is 0 Å². The minimum Gasteiger partial charge on any atom is -0.341 e. The molecule has 2 aromatic heterocycles. The van der Waals surface area contributed by atoms with Gasteiger partial charge in [0.15, 0.2) is 0 Å². The predicted octanol–water partition coefficient (Wildman–Crippen LogP) is 36.9. The molecule has 0 N–H and O–H groups in total. The second kappa shape index (κ2) is 34.7. The van der Waals surface area contributed by atoms with Crippen LogP contribution in [0.1, 0.15) is 40.2 Å². The van der Waals surface area contributed by atoms with Gasteiger partial charge in [0.25, 0.3) is 0 Å². The molecule has 0 saturated carbocycles. The van der Waals surface area contributed by atoms with Gasteiger partial charge in [-0.25, -0.2) is 0 Å². The van der Waals surface area contributed by atoms with Gasteiger partial charge in [-0.05, 0) is 290 Å². The summed E-state index contributed by atoms with van der Waals surface area (Å²) in [5.41, 5.74) is 40.7. The lowest BCUT2D eigenvalue weighted by molar-refractivity contribution is 0.591. The summed E-state index contributed by atoms with van der Waals surface area (Å²) < 4.78 is 4.86. The standard InChI is InChI=1S/C70H49N.C62H49N/c1-2-71-67-21-13-12-20-61(67)64-44-60(40-43-68(64)71)55-28-26-52(27-29-55)54-32-36-57(37-33-54)70-63-42-39-58(48-16-8-4-9-17-48)45-65(63)69(62-41-38-59(46-66(62)70)49-18-10-5-11-19-49)56-34-30-53(31-35-56)51-24-22-50(23-25-51)47-14-6-3-7-15-47;1-5-63-58-35-31-50(37-54(58)55-40-51(62(2,3)4)32-36-59(55)63)45-23-21-43(22-24-45)44-25-27-47(28-26-44)61-53-34-30-48(41-15-9-6-10-16-41)38-56(53)60(46-19-13-8-14-20-46)52-33-29-49(39-57(52)61)42-17-11-7-12-18-42/h3-46H,2H2,1H3;6-40H,5H2,1-4H3. The van der Waals surface area contributed by atoms with Crippen LogP contribution in [-0.4, -0.2) is 9.13 Å². The smallest absolute Gasteiger partial charge is 0.0491 e. The van der Waals surface area contributed by atoms with E-state index in [1.165, 1.54) is 248 Å². The maximum Gasteiger partial charge on any atom is 0.0491 e. The maximum atomic E-state index is 2.45. The Morgan fingerprint density at radius 1 is 0.142 bits per heavy atom. The van der Waals surface area contributed by atoms with Crippen molar-refractivity contribution in [2.24, 2.45) is 0 Å². The van der Waals surface area contributed by atoms with Crippen molar-refractivity contribution < 1.29 is 0 Å². The van der Waals surface area contributed by atoms with Crippen molar-refractivity contribution in [1.82, 2.24) is 9.13 Å². The average molecular weight is 1710 g/mol.